The van der Waals surface area contributed by atoms with Gasteiger partial charge in [0.25, 0.3) is 0 Å². The first-order chi connectivity index (χ1) is 7.56. The average molecular weight is 244 g/mol. The molecule has 0 atom stereocenters. The first kappa shape index (κ1) is 13.7. The molecule has 1 aromatic rings. The topological polar surface area (TPSA) is 58.3 Å². The lowest BCUT2D eigenvalue weighted by atomic mass is 9.85. The lowest BCUT2D eigenvalue weighted by molar-refractivity contribution is 0.0239. The lowest BCUT2D eigenvalue weighted by Crippen LogP contribution is -2.51. The van der Waals surface area contributed by atoms with Crippen LogP contribution in [0.2, 0.25) is 0 Å². The molecule has 0 amide bonds. The minimum atomic E-state index is -1.13. The minimum Gasteiger partial charge on any atom is -0.397 e. The van der Waals surface area contributed by atoms with Crippen LogP contribution < -0.4 is 11.1 Å². The van der Waals surface area contributed by atoms with E-state index in [2.05, 4.69) is 5.32 Å². The van der Waals surface area contributed by atoms with Crippen LogP contribution in [0.4, 0.5) is 20.2 Å². The molecular weight excluding hydrogens is 226 g/mol. The van der Waals surface area contributed by atoms with Gasteiger partial charge >= 0.3 is 0 Å². The number of nitrogens with one attached hydrogen (secondary N) is 1. The molecule has 1 rings (SSSR count). The van der Waals surface area contributed by atoms with Crippen molar-refractivity contribution in [3.63, 3.8) is 0 Å². The number of hydrogen-bond acceptors (Lipinski definition) is 3. The van der Waals surface area contributed by atoms with E-state index in [0.29, 0.717) is 0 Å². The molecule has 0 fully saturated rings. The molecule has 0 aliphatic rings. The van der Waals surface area contributed by atoms with E-state index in [1.807, 2.05) is 0 Å². The normalized spacial score (nSPS) is 12.6. The third kappa shape index (κ3) is 2.66. The van der Waals surface area contributed by atoms with Crippen molar-refractivity contribution < 1.29 is 13.9 Å². The van der Waals surface area contributed by atoms with Crippen molar-refractivity contribution >= 4 is 11.4 Å². The van der Waals surface area contributed by atoms with E-state index in [-0.39, 0.29) is 11.4 Å². The Morgan fingerprint density at radius 3 is 2.18 bits per heavy atom. The Morgan fingerprint density at radius 2 is 1.71 bits per heavy atom. The molecule has 0 saturated carbocycles. The molecule has 5 heteroatoms. The summed E-state index contributed by atoms with van der Waals surface area (Å²) in [6, 6.07) is 2.24. The number of rotatable bonds is 3. The summed E-state index contributed by atoms with van der Waals surface area (Å²) in [6.45, 7) is 6.51. The maximum absolute atomic E-state index is 13.6. The standard InChI is InChI=1S/C12H18F2N2O/c1-11(2,12(3,4)17)16-10-8(15)6-5-7(13)9(10)14/h5-6,16-17H,15H2,1-4H3. The van der Waals surface area contributed by atoms with Crippen molar-refractivity contribution in [1.29, 1.82) is 0 Å². The number of nitrogens with two attached hydrogens (primary N) is 1. The fourth-order valence-corrected chi connectivity index (χ4v) is 1.16. The maximum Gasteiger partial charge on any atom is 0.183 e. The summed E-state index contributed by atoms with van der Waals surface area (Å²) in [6.07, 6.45) is 0. The number of hydrogen-bond donors (Lipinski definition) is 3. The fraction of sp³-hybridized carbons (Fsp3) is 0.500. The second-order valence-electron chi connectivity index (χ2n) is 5.13. The molecule has 0 aliphatic heterocycles. The van der Waals surface area contributed by atoms with Crippen LogP contribution in [0.15, 0.2) is 12.1 Å². The van der Waals surface area contributed by atoms with Crippen LogP contribution in [0.1, 0.15) is 27.7 Å². The predicted octanol–water partition coefficient (Wildman–Crippen LogP) is 2.51. The monoisotopic (exact) mass is 244 g/mol. The third-order valence-electron chi connectivity index (χ3n) is 3.09. The number of anilines is 2. The molecule has 0 spiro atoms. The highest BCUT2D eigenvalue weighted by Gasteiger charge is 2.36. The molecule has 0 radical (unpaired) electrons. The van der Waals surface area contributed by atoms with Gasteiger partial charge in [-0.05, 0) is 39.8 Å². The summed E-state index contributed by atoms with van der Waals surface area (Å²) >= 11 is 0. The molecule has 0 aliphatic carbocycles. The van der Waals surface area contributed by atoms with Crippen molar-refractivity contribution in [3.8, 4) is 0 Å². The number of nitrogen functional groups attached to an aromatic ring is 1. The Kier molecular flexibility index (Phi) is 3.34. The molecule has 0 bridgehead atoms. The van der Waals surface area contributed by atoms with Gasteiger partial charge in [-0.3, -0.25) is 0 Å². The Morgan fingerprint density at radius 1 is 1.18 bits per heavy atom. The van der Waals surface area contributed by atoms with Crippen molar-refractivity contribution in [3.05, 3.63) is 23.8 Å². The molecule has 96 valence electrons. The van der Waals surface area contributed by atoms with Gasteiger partial charge in [-0.15, -0.1) is 0 Å². The van der Waals surface area contributed by atoms with E-state index in [9.17, 15) is 13.9 Å². The zero-order valence-electron chi connectivity index (χ0n) is 10.4. The van der Waals surface area contributed by atoms with E-state index in [1.54, 1.807) is 27.7 Å². The van der Waals surface area contributed by atoms with Crippen LogP contribution in [-0.2, 0) is 0 Å². The first-order valence-electron chi connectivity index (χ1n) is 5.30. The number of benzene rings is 1. The van der Waals surface area contributed by atoms with Crippen LogP contribution in [0.5, 0.6) is 0 Å². The highest BCUT2D eigenvalue weighted by molar-refractivity contribution is 5.68. The molecule has 4 N–H and O–H groups in total. The van der Waals surface area contributed by atoms with Gasteiger partial charge in [-0.1, -0.05) is 0 Å². The highest BCUT2D eigenvalue weighted by atomic mass is 19.2. The zero-order valence-corrected chi connectivity index (χ0v) is 10.4. The third-order valence-corrected chi connectivity index (χ3v) is 3.09. The molecular formula is C12H18F2N2O. The SMILES string of the molecule is CC(C)(O)C(C)(C)Nc1c(N)ccc(F)c1F. The summed E-state index contributed by atoms with van der Waals surface area (Å²) in [5.41, 5.74) is 3.57. The van der Waals surface area contributed by atoms with Crippen LogP contribution in [-0.4, -0.2) is 16.2 Å². The van der Waals surface area contributed by atoms with Crippen LogP contribution in [0, 0.1) is 11.6 Å². The fourth-order valence-electron chi connectivity index (χ4n) is 1.16. The summed E-state index contributed by atoms with van der Waals surface area (Å²) in [5.74, 6) is -2.02. The van der Waals surface area contributed by atoms with Gasteiger partial charge < -0.3 is 16.2 Å². The van der Waals surface area contributed by atoms with E-state index in [4.69, 9.17) is 5.73 Å². The minimum absolute atomic E-state index is 0.0984. The van der Waals surface area contributed by atoms with Crippen LogP contribution in [0.25, 0.3) is 0 Å². The summed E-state index contributed by atoms with van der Waals surface area (Å²) in [5, 5.41) is 12.7. The second-order valence-corrected chi connectivity index (χ2v) is 5.13. The molecule has 3 nitrogen and oxygen atoms in total. The Bertz CT molecular complexity index is 425. The molecule has 0 unspecified atom stereocenters. The van der Waals surface area contributed by atoms with Crippen LogP contribution in [0.3, 0.4) is 0 Å². The van der Waals surface area contributed by atoms with Crippen molar-refractivity contribution in [2.45, 2.75) is 38.8 Å². The van der Waals surface area contributed by atoms with Crippen molar-refractivity contribution in [2.75, 3.05) is 11.1 Å². The van der Waals surface area contributed by atoms with Gasteiger partial charge in [0.1, 0.15) is 0 Å². The second kappa shape index (κ2) is 4.14. The van der Waals surface area contributed by atoms with Gasteiger partial charge in [0.05, 0.1) is 22.5 Å². The van der Waals surface area contributed by atoms with Crippen molar-refractivity contribution in [1.82, 2.24) is 0 Å². The van der Waals surface area contributed by atoms with E-state index < -0.39 is 22.8 Å². The number of aliphatic hydroxyl groups is 1. The molecule has 0 heterocycles. The summed E-state index contributed by atoms with van der Waals surface area (Å²) in [4.78, 5) is 0. The Balaban J connectivity index is 3.16. The molecule has 0 saturated heterocycles. The van der Waals surface area contributed by atoms with E-state index >= 15 is 0 Å². The van der Waals surface area contributed by atoms with Gasteiger partial charge in [0.2, 0.25) is 0 Å². The largest absolute Gasteiger partial charge is 0.397 e. The van der Waals surface area contributed by atoms with Crippen LogP contribution >= 0.6 is 0 Å². The highest BCUT2D eigenvalue weighted by Crippen LogP contribution is 2.31. The Hall–Kier alpha value is -1.36. The van der Waals surface area contributed by atoms with Crippen molar-refractivity contribution in [2.24, 2.45) is 0 Å². The number of halogens is 2. The summed E-state index contributed by atoms with van der Waals surface area (Å²) in [7, 11) is 0. The van der Waals surface area contributed by atoms with E-state index in [0.717, 1.165) is 6.07 Å². The molecule has 1 aromatic carbocycles. The first-order valence-corrected chi connectivity index (χ1v) is 5.30. The van der Waals surface area contributed by atoms with Gasteiger partial charge in [0, 0.05) is 0 Å². The van der Waals surface area contributed by atoms with Gasteiger partial charge in [-0.2, -0.15) is 0 Å². The van der Waals surface area contributed by atoms with Gasteiger partial charge in [0.15, 0.2) is 11.6 Å². The zero-order chi connectivity index (χ0) is 13.4. The van der Waals surface area contributed by atoms with E-state index in [1.165, 1.54) is 6.07 Å². The lowest BCUT2D eigenvalue weighted by Gasteiger charge is -2.39. The quantitative estimate of drug-likeness (QED) is 0.716. The predicted molar refractivity (Wildman–Crippen MR) is 64.8 cm³/mol. The Labute approximate surface area is 99.6 Å². The van der Waals surface area contributed by atoms with Gasteiger partial charge in [-0.25, -0.2) is 8.78 Å². The average Bonchev–Trinajstić information content (AvgIpc) is 2.17. The summed E-state index contributed by atoms with van der Waals surface area (Å²) < 4.78 is 26.7. The smallest absolute Gasteiger partial charge is 0.183 e. The maximum atomic E-state index is 13.6. The molecule has 17 heavy (non-hydrogen) atoms. The molecule has 0 aromatic heterocycles.